The summed E-state index contributed by atoms with van der Waals surface area (Å²) in [7, 11) is 2.08. The van der Waals surface area contributed by atoms with Gasteiger partial charge >= 0.3 is 0 Å². The number of benzene rings is 1. The van der Waals surface area contributed by atoms with Crippen LogP contribution in [0.3, 0.4) is 0 Å². The molecule has 1 aliphatic heterocycles. The molecule has 0 radical (unpaired) electrons. The van der Waals surface area contributed by atoms with E-state index < -0.39 is 0 Å². The molecule has 0 amide bonds. The van der Waals surface area contributed by atoms with E-state index in [1.807, 2.05) is 0 Å². The van der Waals surface area contributed by atoms with Crippen molar-refractivity contribution in [1.29, 1.82) is 0 Å². The molecule has 3 nitrogen and oxygen atoms in total. The summed E-state index contributed by atoms with van der Waals surface area (Å²) in [5.41, 5.74) is 0.469. The molecule has 0 bridgehead atoms. The number of piperazine rings is 1. The zero-order valence-corrected chi connectivity index (χ0v) is 10.6. The molecule has 2 N–H and O–H groups in total. The number of nitrogens with zero attached hydrogens (tertiary/aromatic N) is 1. The minimum Gasteiger partial charge on any atom is -0.381 e. The highest BCUT2D eigenvalue weighted by Gasteiger charge is 2.18. The molecule has 5 heteroatoms. The van der Waals surface area contributed by atoms with Crippen molar-refractivity contribution in [3.8, 4) is 0 Å². The average molecular weight is 258 g/mol. The second-order valence-electron chi connectivity index (χ2n) is 4.34. The third kappa shape index (κ3) is 3.31. The predicted molar refractivity (Wildman–Crippen MR) is 69.2 cm³/mol. The number of rotatable bonds is 3. The summed E-state index contributed by atoms with van der Waals surface area (Å²) in [5.74, 6) is -0.263. The topological polar surface area (TPSA) is 27.3 Å². The second kappa shape index (κ2) is 5.67. The lowest BCUT2D eigenvalue weighted by atomic mass is 10.2. The molecule has 1 unspecified atom stereocenters. The monoisotopic (exact) mass is 257 g/mol. The van der Waals surface area contributed by atoms with E-state index in [0.29, 0.717) is 23.3 Å². The quantitative estimate of drug-likeness (QED) is 0.865. The number of nitrogens with one attached hydrogen (secondary N) is 2. The molecule has 1 heterocycles. The molecule has 1 atom stereocenters. The minimum atomic E-state index is -0.263. The van der Waals surface area contributed by atoms with Gasteiger partial charge in [0.1, 0.15) is 5.82 Å². The third-order valence-electron chi connectivity index (χ3n) is 3.10. The Morgan fingerprint density at radius 2 is 2.41 bits per heavy atom. The smallest absolute Gasteiger partial charge is 0.146 e. The van der Waals surface area contributed by atoms with Crippen molar-refractivity contribution in [3.05, 3.63) is 29.0 Å². The van der Waals surface area contributed by atoms with Gasteiger partial charge in [-0.15, -0.1) is 0 Å². The first-order valence-electron chi connectivity index (χ1n) is 5.76. The SMILES string of the molecule is CN1CCNCC1CNc1cc(Cl)ccc1F. The molecule has 17 heavy (non-hydrogen) atoms. The Morgan fingerprint density at radius 1 is 1.59 bits per heavy atom. The van der Waals surface area contributed by atoms with Gasteiger partial charge in [0.2, 0.25) is 0 Å². The highest BCUT2D eigenvalue weighted by atomic mass is 35.5. The van der Waals surface area contributed by atoms with Crippen LogP contribution in [0.1, 0.15) is 0 Å². The molecular weight excluding hydrogens is 241 g/mol. The first kappa shape index (κ1) is 12.6. The van der Waals surface area contributed by atoms with Crippen LogP contribution in [-0.2, 0) is 0 Å². The van der Waals surface area contributed by atoms with E-state index in [1.54, 1.807) is 12.1 Å². The maximum absolute atomic E-state index is 13.5. The first-order chi connectivity index (χ1) is 8.16. The van der Waals surface area contributed by atoms with E-state index in [9.17, 15) is 4.39 Å². The van der Waals surface area contributed by atoms with E-state index >= 15 is 0 Å². The standard InChI is InChI=1S/C12H17ClFN3/c1-17-5-4-15-7-10(17)8-16-12-6-9(13)2-3-11(12)14/h2-3,6,10,15-16H,4-5,7-8H2,1H3. The Balaban J connectivity index is 1.94. The lowest BCUT2D eigenvalue weighted by Crippen LogP contribution is -2.52. The van der Waals surface area contributed by atoms with E-state index in [1.165, 1.54) is 6.07 Å². The van der Waals surface area contributed by atoms with Gasteiger partial charge in [0, 0.05) is 37.2 Å². The average Bonchev–Trinajstić information content (AvgIpc) is 2.32. The number of hydrogen-bond donors (Lipinski definition) is 2. The fourth-order valence-corrected chi connectivity index (χ4v) is 2.12. The molecular formula is C12H17ClFN3. The van der Waals surface area contributed by atoms with E-state index in [-0.39, 0.29) is 5.82 Å². The second-order valence-corrected chi connectivity index (χ2v) is 4.78. The summed E-state index contributed by atoms with van der Waals surface area (Å²) >= 11 is 5.84. The highest BCUT2D eigenvalue weighted by Crippen LogP contribution is 2.19. The molecule has 0 aliphatic carbocycles. The molecule has 1 aromatic rings. The Bertz CT molecular complexity index is 386. The summed E-state index contributed by atoms with van der Waals surface area (Å²) < 4.78 is 13.5. The van der Waals surface area contributed by atoms with Crippen LogP contribution in [-0.4, -0.2) is 44.2 Å². The van der Waals surface area contributed by atoms with E-state index in [0.717, 1.165) is 19.6 Å². The van der Waals surface area contributed by atoms with Gasteiger partial charge in [-0.05, 0) is 25.2 Å². The van der Waals surface area contributed by atoms with Gasteiger partial charge in [-0.1, -0.05) is 11.6 Å². The third-order valence-corrected chi connectivity index (χ3v) is 3.34. The zero-order valence-electron chi connectivity index (χ0n) is 9.84. The molecule has 0 aromatic heterocycles. The van der Waals surface area contributed by atoms with Crippen LogP contribution >= 0.6 is 11.6 Å². The molecule has 1 saturated heterocycles. The molecule has 2 rings (SSSR count). The van der Waals surface area contributed by atoms with Gasteiger partial charge < -0.3 is 10.6 Å². The summed E-state index contributed by atoms with van der Waals surface area (Å²) in [4.78, 5) is 2.27. The number of likely N-dealkylation sites (N-methyl/N-ethyl adjacent to an activating group) is 1. The van der Waals surface area contributed by atoms with Crippen LogP contribution < -0.4 is 10.6 Å². The van der Waals surface area contributed by atoms with Gasteiger partial charge in [-0.25, -0.2) is 4.39 Å². The molecule has 0 spiro atoms. The summed E-state index contributed by atoms with van der Waals surface area (Å²) in [6.07, 6.45) is 0. The summed E-state index contributed by atoms with van der Waals surface area (Å²) in [6.45, 7) is 3.66. The number of hydrogen-bond acceptors (Lipinski definition) is 3. The van der Waals surface area contributed by atoms with Gasteiger partial charge in [0.15, 0.2) is 0 Å². The van der Waals surface area contributed by atoms with Crippen molar-refractivity contribution in [3.63, 3.8) is 0 Å². The first-order valence-corrected chi connectivity index (χ1v) is 6.14. The van der Waals surface area contributed by atoms with Crippen molar-refractivity contribution >= 4 is 17.3 Å². The Labute approximate surface area is 106 Å². The fourth-order valence-electron chi connectivity index (χ4n) is 1.95. The lowest BCUT2D eigenvalue weighted by Gasteiger charge is -2.33. The van der Waals surface area contributed by atoms with Gasteiger partial charge in [-0.3, -0.25) is 4.90 Å². The van der Waals surface area contributed by atoms with E-state index in [2.05, 4.69) is 22.6 Å². The number of anilines is 1. The van der Waals surface area contributed by atoms with Crippen molar-refractivity contribution in [1.82, 2.24) is 10.2 Å². The highest BCUT2D eigenvalue weighted by molar-refractivity contribution is 6.30. The molecule has 1 fully saturated rings. The number of halogens is 2. The predicted octanol–water partition coefficient (Wildman–Crippen LogP) is 1.79. The van der Waals surface area contributed by atoms with E-state index in [4.69, 9.17) is 11.6 Å². The summed E-state index contributed by atoms with van der Waals surface area (Å²) in [6, 6.07) is 4.93. The Kier molecular flexibility index (Phi) is 4.20. The molecule has 1 aliphatic rings. The van der Waals surface area contributed by atoms with Crippen molar-refractivity contribution in [2.75, 3.05) is 38.5 Å². The largest absolute Gasteiger partial charge is 0.381 e. The van der Waals surface area contributed by atoms with Crippen LogP contribution in [0.25, 0.3) is 0 Å². The van der Waals surface area contributed by atoms with Crippen LogP contribution in [0.5, 0.6) is 0 Å². The van der Waals surface area contributed by atoms with Crippen LogP contribution in [0, 0.1) is 5.82 Å². The molecule has 94 valence electrons. The van der Waals surface area contributed by atoms with Crippen molar-refractivity contribution in [2.24, 2.45) is 0 Å². The van der Waals surface area contributed by atoms with Gasteiger partial charge in [0.25, 0.3) is 0 Å². The van der Waals surface area contributed by atoms with Gasteiger partial charge in [-0.2, -0.15) is 0 Å². The maximum atomic E-state index is 13.5. The van der Waals surface area contributed by atoms with Crippen LogP contribution in [0.2, 0.25) is 5.02 Å². The Hall–Kier alpha value is -0.840. The molecule has 1 aromatic carbocycles. The van der Waals surface area contributed by atoms with Gasteiger partial charge in [0.05, 0.1) is 5.69 Å². The zero-order chi connectivity index (χ0) is 12.3. The van der Waals surface area contributed by atoms with Crippen LogP contribution in [0.4, 0.5) is 10.1 Å². The summed E-state index contributed by atoms with van der Waals surface area (Å²) in [5, 5.41) is 6.98. The lowest BCUT2D eigenvalue weighted by molar-refractivity contribution is 0.209. The fraction of sp³-hybridized carbons (Fsp3) is 0.500. The van der Waals surface area contributed by atoms with Crippen molar-refractivity contribution in [2.45, 2.75) is 6.04 Å². The Morgan fingerprint density at radius 3 is 3.18 bits per heavy atom. The molecule has 0 saturated carbocycles. The van der Waals surface area contributed by atoms with Crippen LogP contribution in [0.15, 0.2) is 18.2 Å². The minimum absolute atomic E-state index is 0.263. The normalized spacial score (nSPS) is 21.5. The maximum Gasteiger partial charge on any atom is 0.146 e. The van der Waals surface area contributed by atoms with Crippen molar-refractivity contribution < 1.29 is 4.39 Å².